The fraction of sp³-hybridized carbons (Fsp3) is 0.368. The van der Waals surface area contributed by atoms with Crippen LogP contribution < -0.4 is 10.3 Å². The summed E-state index contributed by atoms with van der Waals surface area (Å²) in [5.74, 6) is 1.88. The van der Waals surface area contributed by atoms with Gasteiger partial charge in [-0.1, -0.05) is 24.1 Å². The lowest BCUT2D eigenvalue weighted by atomic mass is 9.80. The average molecular weight is 378 g/mol. The molecule has 142 valence electrons. The van der Waals surface area contributed by atoms with Crippen molar-refractivity contribution in [3.63, 3.8) is 0 Å². The van der Waals surface area contributed by atoms with Crippen molar-refractivity contribution in [1.29, 1.82) is 0 Å². The van der Waals surface area contributed by atoms with Crippen LogP contribution in [0.4, 0.5) is 10.2 Å². The van der Waals surface area contributed by atoms with E-state index < -0.39 is 0 Å². The largest absolute Gasteiger partial charge is 0.314 e. The lowest BCUT2D eigenvalue weighted by molar-refractivity contribution is 0.176. The minimum Gasteiger partial charge on any atom is -0.314 e. The number of nitrogens with one attached hydrogen (secondary N) is 1. The number of anilines is 1. The van der Waals surface area contributed by atoms with Crippen LogP contribution in [0.3, 0.4) is 0 Å². The molecule has 1 aliphatic carbocycles. The van der Waals surface area contributed by atoms with Crippen molar-refractivity contribution < 1.29 is 4.39 Å². The average Bonchev–Trinajstić information content (AvgIpc) is 3.45. The zero-order valence-corrected chi connectivity index (χ0v) is 15.1. The van der Waals surface area contributed by atoms with Crippen molar-refractivity contribution in [2.45, 2.75) is 37.9 Å². The Labute approximate surface area is 160 Å². The molecule has 3 aliphatic rings. The van der Waals surface area contributed by atoms with Crippen LogP contribution in [0.1, 0.15) is 37.4 Å². The monoisotopic (exact) mass is 378 g/mol. The SMILES string of the molecule is Fc1cccc(-n2nncc2C2=NNC3C4CCCCC4n4cncc4N23)c1. The summed E-state index contributed by atoms with van der Waals surface area (Å²) in [5.41, 5.74) is 4.67. The van der Waals surface area contributed by atoms with Crippen LogP contribution in [0.15, 0.2) is 48.1 Å². The molecule has 9 heteroatoms. The number of hydrogen-bond donors (Lipinski definition) is 1. The van der Waals surface area contributed by atoms with Crippen molar-refractivity contribution in [2.75, 3.05) is 4.90 Å². The number of amidine groups is 1. The Morgan fingerprint density at radius 1 is 1.14 bits per heavy atom. The Hall–Kier alpha value is -3.23. The number of rotatable bonds is 2. The fourth-order valence-electron chi connectivity index (χ4n) is 4.87. The minimum atomic E-state index is -0.315. The highest BCUT2D eigenvalue weighted by atomic mass is 19.1. The summed E-state index contributed by atoms with van der Waals surface area (Å²) >= 11 is 0. The van der Waals surface area contributed by atoms with Crippen LogP contribution in [0.5, 0.6) is 0 Å². The Morgan fingerprint density at radius 2 is 2.07 bits per heavy atom. The second-order valence-corrected chi connectivity index (χ2v) is 7.57. The molecule has 3 aromatic rings. The highest BCUT2D eigenvalue weighted by Crippen LogP contribution is 2.45. The van der Waals surface area contributed by atoms with Crippen molar-refractivity contribution in [3.05, 3.63) is 54.5 Å². The molecule has 0 amide bonds. The first-order valence-electron chi connectivity index (χ1n) is 9.62. The predicted octanol–water partition coefficient (Wildman–Crippen LogP) is 2.45. The molecular weight excluding hydrogens is 359 g/mol. The molecule has 8 nitrogen and oxygen atoms in total. The lowest BCUT2D eigenvalue weighted by Gasteiger charge is -2.45. The van der Waals surface area contributed by atoms with Gasteiger partial charge in [-0.25, -0.2) is 14.1 Å². The van der Waals surface area contributed by atoms with Gasteiger partial charge in [-0.3, -0.25) is 10.3 Å². The molecular formula is C19H19FN8. The van der Waals surface area contributed by atoms with Gasteiger partial charge in [-0.2, -0.15) is 5.10 Å². The third kappa shape index (κ3) is 2.15. The number of nitrogens with zero attached hydrogens (tertiary/aromatic N) is 7. The van der Waals surface area contributed by atoms with Gasteiger partial charge in [-0.15, -0.1) is 5.10 Å². The number of aromatic nitrogens is 5. The highest BCUT2D eigenvalue weighted by Gasteiger charge is 2.47. The molecule has 1 N–H and O–H groups in total. The van der Waals surface area contributed by atoms with Gasteiger partial charge >= 0.3 is 0 Å². The van der Waals surface area contributed by atoms with Crippen LogP contribution in [0.25, 0.3) is 5.69 Å². The quantitative estimate of drug-likeness (QED) is 0.741. The smallest absolute Gasteiger partial charge is 0.183 e. The Morgan fingerprint density at radius 3 is 3.00 bits per heavy atom. The molecule has 0 spiro atoms. The third-order valence-electron chi connectivity index (χ3n) is 6.08. The number of fused-ring (bicyclic) bond motifs is 6. The number of benzene rings is 1. The number of hydrogen-bond acceptors (Lipinski definition) is 6. The normalized spacial score (nSPS) is 25.5. The van der Waals surface area contributed by atoms with Gasteiger partial charge in [0.15, 0.2) is 5.84 Å². The van der Waals surface area contributed by atoms with Crippen molar-refractivity contribution in [1.82, 2.24) is 30.0 Å². The maximum Gasteiger partial charge on any atom is 0.183 e. The number of hydrazone groups is 1. The van der Waals surface area contributed by atoms with Crippen LogP contribution in [0, 0.1) is 11.7 Å². The van der Waals surface area contributed by atoms with E-state index >= 15 is 0 Å². The summed E-state index contributed by atoms with van der Waals surface area (Å²) in [6.45, 7) is 0. The van der Waals surface area contributed by atoms with Crippen molar-refractivity contribution in [3.8, 4) is 5.69 Å². The number of halogens is 1. The second-order valence-electron chi connectivity index (χ2n) is 7.57. The Bertz CT molecular complexity index is 1070. The van der Waals surface area contributed by atoms with E-state index in [2.05, 4.69) is 35.3 Å². The van der Waals surface area contributed by atoms with Crippen LogP contribution in [0.2, 0.25) is 0 Å². The molecule has 4 heterocycles. The van der Waals surface area contributed by atoms with Crippen LogP contribution in [-0.2, 0) is 0 Å². The zero-order chi connectivity index (χ0) is 18.7. The van der Waals surface area contributed by atoms with E-state index in [4.69, 9.17) is 0 Å². The van der Waals surface area contributed by atoms with E-state index in [9.17, 15) is 4.39 Å². The van der Waals surface area contributed by atoms with Gasteiger partial charge in [0.05, 0.1) is 24.4 Å². The summed E-state index contributed by atoms with van der Waals surface area (Å²) in [5, 5.41) is 12.9. The summed E-state index contributed by atoms with van der Waals surface area (Å²) in [6, 6.07) is 6.77. The minimum absolute atomic E-state index is 0.0837. The predicted molar refractivity (Wildman–Crippen MR) is 100 cm³/mol. The molecule has 0 bridgehead atoms. The first-order valence-corrected chi connectivity index (χ1v) is 9.62. The van der Waals surface area contributed by atoms with Gasteiger partial charge in [0.2, 0.25) is 0 Å². The van der Waals surface area contributed by atoms with E-state index in [1.54, 1.807) is 23.0 Å². The van der Waals surface area contributed by atoms with Gasteiger partial charge in [0, 0.05) is 12.0 Å². The zero-order valence-electron chi connectivity index (χ0n) is 15.1. The molecule has 1 aromatic carbocycles. The van der Waals surface area contributed by atoms with Gasteiger partial charge in [-0.05, 0) is 31.0 Å². The van der Waals surface area contributed by atoms with Crippen LogP contribution >= 0.6 is 0 Å². The van der Waals surface area contributed by atoms with E-state index in [0.717, 1.165) is 24.5 Å². The molecule has 3 unspecified atom stereocenters. The fourth-order valence-corrected chi connectivity index (χ4v) is 4.87. The van der Waals surface area contributed by atoms with E-state index in [0.29, 0.717) is 23.3 Å². The van der Waals surface area contributed by atoms with Crippen molar-refractivity contribution >= 4 is 11.7 Å². The summed E-state index contributed by atoms with van der Waals surface area (Å²) in [6.07, 6.45) is 10.4. The third-order valence-corrected chi connectivity index (χ3v) is 6.08. The molecule has 0 radical (unpaired) electrons. The summed E-state index contributed by atoms with van der Waals surface area (Å²) < 4.78 is 17.7. The first-order chi connectivity index (χ1) is 13.8. The van der Waals surface area contributed by atoms with Crippen molar-refractivity contribution in [2.24, 2.45) is 11.0 Å². The summed E-state index contributed by atoms with van der Waals surface area (Å²) in [7, 11) is 0. The molecule has 2 aromatic heterocycles. The second kappa shape index (κ2) is 5.88. The molecule has 1 fully saturated rings. The van der Waals surface area contributed by atoms with E-state index in [1.807, 2.05) is 12.5 Å². The van der Waals surface area contributed by atoms with E-state index in [1.165, 1.54) is 25.0 Å². The lowest BCUT2D eigenvalue weighted by Crippen LogP contribution is -2.53. The number of imidazole rings is 1. The molecule has 0 saturated heterocycles. The van der Waals surface area contributed by atoms with Crippen LogP contribution in [-0.4, -0.2) is 36.5 Å². The topological polar surface area (TPSA) is 76.2 Å². The maximum absolute atomic E-state index is 13.8. The Kier molecular flexibility index (Phi) is 3.32. The first kappa shape index (κ1) is 15.8. The molecule has 28 heavy (non-hydrogen) atoms. The van der Waals surface area contributed by atoms with Gasteiger partial charge in [0.25, 0.3) is 0 Å². The standard InChI is InChI=1S/C19H19FN8/c20-12-4-3-5-13(8-12)28-16(9-22-25-28)19-24-23-18-14-6-1-2-7-15(14)26-11-21-10-17(26)27(18)19/h3-5,8-11,14-15,18,23H,1-2,6-7H2. The Balaban J connectivity index is 1.45. The summed E-state index contributed by atoms with van der Waals surface area (Å²) in [4.78, 5) is 6.60. The molecule has 1 saturated carbocycles. The van der Waals surface area contributed by atoms with E-state index in [-0.39, 0.29) is 12.0 Å². The molecule has 3 atom stereocenters. The highest BCUT2D eigenvalue weighted by molar-refractivity contribution is 6.10. The molecule has 2 aliphatic heterocycles. The maximum atomic E-state index is 13.8. The van der Waals surface area contributed by atoms with Gasteiger partial charge < -0.3 is 4.57 Å². The van der Waals surface area contributed by atoms with Gasteiger partial charge in [0.1, 0.15) is 23.5 Å². The molecule has 6 rings (SSSR count).